The molecule has 0 atom stereocenters. The van der Waals surface area contributed by atoms with Crippen molar-refractivity contribution in [3.63, 3.8) is 0 Å². The number of aromatic nitrogens is 2. The Morgan fingerprint density at radius 2 is 1.31 bits per heavy atom. The van der Waals surface area contributed by atoms with Gasteiger partial charge in [-0.15, -0.1) is 71.3 Å². The van der Waals surface area contributed by atoms with Crippen molar-refractivity contribution in [1.82, 2.24) is 9.97 Å². The molecule has 1 aliphatic carbocycles. The van der Waals surface area contributed by atoms with Gasteiger partial charge in [-0.05, 0) is 51.2 Å². The van der Waals surface area contributed by atoms with Gasteiger partial charge in [-0.2, -0.15) is 0 Å². The zero-order valence-electron chi connectivity index (χ0n) is 22.2. The van der Waals surface area contributed by atoms with E-state index in [1.807, 2.05) is 48.7 Å². The summed E-state index contributed by atoms with van der Waals surface area (Å²) in [7, 11) is 0. The Kier molecular flexibility index (Phi) is 7.57. The second kappa shape index (κ2) is 11.1. The minimum atomic E-state index is 0. The van der Waals surface area contributed by atoms with Crippen molar-refractivity contribution in [3.8, 4) is 44.8 Å². The van der Waals surface area contributed by atoms with Crippen molar-refractivity contribution in [2.45, 2.75) is 26.2 Å². The van der Waals surface area contributed by atoms with Gasteiger partial charge < -0.3 is 4.98 Å². The van der Waals surface area contributed by atoms with E-state index in [0.717, 1.165) is 28.0 Å². The van der Waals surface area contributed by atoms with Crippen LogP contribution in [0.25, 0.3) is 55.7 Å². The molecule has 0 saturated carbocycles. The molecule has 0 unspecified atom stereocenters. The van der Waals surface area contributed by atoms with E-state index in [2.05, 4.69) is 105 Å². The minimum Gasteiger partial charge on any atom is -0.305 e. The largest absolute Gasteiger partial charge is 0.305 e. The summed E-state index contributed by atoms with van der Waals surface area (Å²) in [6.45, 7) is 6.64. The van der Waals surface area contributed by atoms with E-state index in [1.54, 1.807) is 0 Å². The molecule has 3 heteroatoms. The van der Waals surface area contributed by atoms with Crippen LogP contribution in [0.3, 0.4) is 0 Å². The van der Waals surface area contributed by atoms with E-state index in [1.165, 1.54) is 33.2 Å². The molecule has 6 aromatic rings. The summed E-state index contributed by atoms with van der Waals surface area (Å²) in [4.78, 5) is 9.20. The maximum atomic E-state index is 4.86. The number of hydrogen-bond donors (Lipinski definition) is 0. The normalized spacial score (nSPS) is 11.3. The molecular weight excluding hydrogens is 653 g/mol. The Morgan fingerprint density at radius 1 is 0.590 bits per heavy atom. The Labute approximate surface area is 244 Å². The van der Waals surface area contributed by atoms with Crippen LogP contribution in [-0.2, 0) is 25.5 Å². The van der Waals surface area contributed by atoms with E-state index < -0.39 is 0 Å². The van der Waals surface area contributed by atoms with E-state index in [9.17, 15) is 0 Å². The molecule has 193 valence electrons. The van der Waals surface area contributed by atoms with E-state index >= 15 is 0 Å². The summed E-state index contributed by atoms with van der Waals surface area (Å²) in [6, 6.07) is 43.9. The predicted octanol–water partition coefficient (Wildman–Crippen LogP) is 9.19. The third-order valence-electron chi connectivity index (χ3n) is 6.93. The quantitative estimate of drug-likeness (QED) is 0.170. The van der Waals surface area contributed by atoms with Crippen molar-refractivity contribution in [2.75, 3.05) is 0 Å². The molecule has 2 heterocycles. The van der Waals surface area contributed by atoms with Crippen LogP contribution >= 0.6 is 0 Å². The van der Waals surface area contributed by atoms with Gasteiger partial charge in [0.1, 0.15) is 0 Å². The van der Waals surface area contributed by atoms with Crippen LogP contribution in [-0.4, -0.2) is 9.97 Å². The van der Waals surface area contributed by atoms with Crippen molar-refractivity contribution in [2.24, 2.45) is 0 Å². The molecule has 0 aliphatic heterocycles. The molecule has 0 fully saturated rings. The third kappa shape index (κ3) is 5.34. The molecule has 0 spiro atoms. The molecular formula is C36H28IrN2-2. The number of hydrogen-bond acceptors (Lipinski definition) is 2. The van der Waals surface area contributed by atoms with Crippen LogP contribution < -0.4 is 0 Å². The van der Waals surface area contributed by atoms with Crippen molar-refractivity contribution < 1.29 is 20.1 Å². The number of pyridine rings is 2. The monoisotopic (exact) mass is 681 g/mol. The molecule has 2 nitrogen and oxygen atoms in total. The summed E-state index contributed by atoms with van der Waals surface area (Å²) >= 11 is 0. The van der Waals surface area contributed by atoms with Crippen molar-refractivity contribution >= 4 is 10.9 Å². The van der Waals surface area contributed by atoms with Crippen LogP contribution in [0.1, 0.15) is 26.3 Å². The number of nitrogens with zero attached hydrogens (tertiary/aromatic N) is 2. The van der Waals surface area contributed by atoms with Gasteiger partial charge >= 0.3 is 0 Å². The summed E-state index contributed by atoms with van der Waals surface area (Å²) in [5.74, 6) is 0. The molecule has 39 heavy (non-hydrogen) atoms. The molecule has 1 aliphatic rings. The number of fused-ring (bicyclic) bond motifs is 3. The predicted molar refractivity (Wildman–Crippen MR) is 158 cm³/mol. The molecule has 0 N–H and O–H groups in total. The van der Waals surface area contributed by atoms with Gasteiger partial charge in [-0.3, -0.25) is 4.98 Å². The summed E-state index contributed by atoms with van der Waals surface area (Å²) in [5.41, 5.74) is 11.8. The summed E-state index contributed by atoms with van der Waals surface area (Å²) < 4.78 is 0. The van der Waals surface area contributed by atoms with Crippen molar-refractivity contribution in [1.29, 1.82) is 0 Å². The maximum absolute atomic E-state index is 4.86. The van der Waals surface area contributed by atoms with Crippen LogP contribution in [0.2, 0.25) is 0 Å². The summed E-state index contributed by atoms with van der Waals surface area (Å²) in [5, 5.41) is 1.27. The van der Waals surface area contributed by atoms with Gasteiger partial charge in [0.2, 0.25) is 0 Å². The fraction of sp³-hybridized carbons (Fsp3) is 0.111. The number of rotatable bonds is 2. The van der Waals surface area contributed by atoms with E-state index in [0.29, 0.717) is 0 Å². The van der Waals surface area contributed by atoms with Crippen molar-refractivity contribution in [3.05, 3.63) is 133 Å². The topological polar surface area (TPSA) is 25.8 Å². The van der Waals surface area contributed by atoms with E-state index in [4.69, 9.17) is 4.98 Å². The Hall–Kier alpha value is -3.91. The SMILES string of the molecule is CC(C)(C)c1cc[c-]c(-c2ccccn2)c1.[Ir].[c-]1ccccc1-c1cc2c3c(cccc3n1)-c1ccccc1-2. The Bertz CT molecular complexity index is 1740. The first kappa shape index (κ1) is 26.7. The maximum Gasteiger partial charge on any atom is 0.0607 e. The Balaban J connectivity index is 0.000000163. The molecule has 7 rings (SSSR count). The van der Waals surface area contributed by atoms with Gasteiger partial charge in [-0.1, -0.05) is 75.4 Å². The van der Waals surface area contributed by atoms with Gasteiger partial charge in [-0.25, -0.2) is 0 Å². The first-order valence-corrected chi connectivity index (χ1v) is 12.9. The molecule has 0 saturated heterocycles. The van der Waals surface area contributed by atoms with Gasteiger partial charge in [0.15, 0.2) is 0 Å². The summed E-state index contributed by atoms with van der Waals surface area (Å²) in [6.07, 6.45) is 1.81. The van der Waals surface area contributed by atoms with Crippen LogP contribution in [0, 0.1) is 12.1 Å². The number of benzene rings is 4. The fourth-order valence-corrected chi connectivity index (χ4v) is 4.97. The zero-order chi connectivity index (χ0) is 26.1. The molecule has 1 radical (unpaired) electrons. The molecule has 2 aromatic heterocycles. The zero-order valence-corrected chi connectivity index (χ0v) is 24.6. The molecule has 0 amide bonds. The van der Waals surface area contributed by atoms with E-state index in [-0.39, 0.29) is 25.5 Å². The first-order chi connectivity index (χ1) is 18.5. The molecule has 4 aromatic carbocycles. The second-order valence-corrected chi connectivity index (χ2v) is 10.5. The van der Waals surface area contributed by atoms with Crippen LogP contribution in [0.4, 0.5) is 0 Å². The third-order valence-corrected chi connectivity index (χ3v) is 6.93. The van der Waals surface area contributed by atoms with Gasteiger partial charge in [0.25, 0.3) is 0 Å². The van der Waals surface area contributed by atoms with Gasteiger partial charge in [0, 0.05) is 31.7 Å². The average molecular weight is 681 g/mol. The fourth-order valence-electron chi connectivity index (χ4n) is 4.97. The standard InChI is InChI=1S/C21H12N.C15H16N.Ir/c1-2-7-14(8-3-1)20-13-18-16-10-5-4-9-15(16)17-11-6-12-19(22-20)21(17)18;1-15(2,3)13-8-6-7-12(11-13)14-9-4-5-10-16-14;/h1-7,9-13H;4-6,8-11H,1-3H3;/q2*-1;. The smallest absolute Gasteiger partial charge is 0.0607 e. The van der Waals surface area contributed by atoms with Gasteiger partial charge in [0.05, 0.1) is 5.52 Å². The minimum absolute atomic E-state index is 0. The average Bonchev–Trinajstić information content (AvgIpc) is 3.29. The van der Waals surface area contributed by atoms with Crippen LogP contribution in [0.15, 0.2) is 115 Å². The molecule has 0 bridgehead atoms. The Morgan fingerprint density at radius 3 is 2.03 bits per heavy atom. The second-order valence-electron chi connectivity index (χ2n) is 10.5. The first-order valence-electron chi connectivity index (χ1n) is 12.9. The van der Waals surface area contributed by atoms with Crippen LogP contribution in [0.5, 0.6) is 0 Å².